The zero-order valence-electron chi connectivity index (χ0n) is 11.6. The quantitative estimate of drug-likeness (QED) is 0.517. The highest BCUT2D eigenvalue weighted by molar-refractivity contribution is 5.79. The number of allylic oxidation sites excluding steroid dienone is 3. The molecule has 2 N–H and O–H groups in total. The van der Waals surface area contributed by atoms with Gasteiger partial charge in [-0.3, -0.25) is 5.01 Å². The molecule has 0 aromatic heterocycles. The number of anilines is 1. The van der Waals surface area contributed by atoms with E-state index in [2.05, 4.69) is 11.2 Å². The topological polar surface area (TPSA) is 65.4 Å². The Morgan fingerprint density at radius 2 is 2.05 bits per heavy atom. The van der Waals surface area contributed by atoms with E-state index in [1.165, 1.54) is 5.57 Å². The molecule has 2 rings (SSSR count). The number of nitriles is 1. The van der Waals surface area contributed by atoms with Crippen LogP contribution in [0.5, 0.6) is 0 Å². The van der Waals surface area contributed by atoms with Crippen molar-refractivity contribution in [2.24, 2.45) is 5.10 Å². The predicted octanol–water partition coefficient (Wildman–Crippen LogP) is 2.70. The Morgan fingerprint density at radius 1 is 1.30 bits per heavy atom. The fraction of sp³-hybridized carbons (Fsp3) is 0.250. The first-order valence-corrected chi connectivity index (χ1v) is 6.57. The van der Waals surface area contributed by atoms with Crippen molar-refractivity contribution in [2.45, 2.75) is 12.8 Å². The number of benzene rings is 1. The summed E-state index contributed by atoms with van der Waals surface area (Å²) < 4.78 is 0. The molecule has 0 bridgehead atoms. The summed E-state index contributed by atoms with van der Waals surface area (Å²) in [6.07, 6.45) is 7.51. The van der Waals surface area contributed by atoms with Gasteiger partial charge in [-0.05, 0) is 42.2 Å². The van der Waals surface area contributed by atoms with Crippen molar-refractivity contribution in [2.75, 3.05) is 19.3 Å². The first-order chi connectivity index (χ1) is 9.67. The molecule has 1 aliphatic carbocycles. The molecule has 0 aliphatic heterocycles. The SMILES string of the molecule is CN(CC1=CC=C(C#N)CC1)N=Cc1ccc(N)cc1. The van der Waals surface area contributed by atoms with Crippen molar-refractivity contribution in [3.63, 3.8) is 0 Å². The molecule has 0 saturated heterocycles. The summed E-state index contributed by atoms with van der Waals surface area (Å²) in [4.78, 5) is 0. The fourth-order valence-electron chi connectivity index (χ4n) is 1.99. The number of hydrogen-bond donors (Lipinski definition) is 1. The summed E-state index contributed by atoms with van der Waals surface area (Å²) in [6.45, 7) is 0.778. The molecular weight excluding hydrogens is 248 g/mol. The van der Waals surface area contributed by atoms with Gasteiger partial charge in [0.2, 0.25) is 0 Å². The third-order valence-electron chi connectivity index (χ3n) is 3.15. The summed E-state index contributed by atoms with van der Waals surface area (Å²) >= 11 is 0. The Labute approximate surface area is 119 Å². The Hall–Kier alpha value is -2.54. The van der Waals surface area contributed by atoms with Crippen molar-refractivity contribution in [3.8, 4) is 6.07 Å². The van der Waals surface area contributed by atoms with E-state index in [1.807, 2.05) is 54.7 Å². The van der Waals surface area contributed by atoms with E-state index in [1.54, 1.807) is 0 Å². The lowest BCUT2D eigenvalue weighted by atomic mass is 9.99. The largest absolute Gasteiger partial charge is 0.399 e. The average Bonchev–Trinajstić information content (AvgIpc) is 2.47. The number of rotatable bonds is 4. The van der Waals surface area contributed by atoms with Crippen molar-refractivity contribution in [1.29, 1.82) is 5.26 Å². The van der Waals surface area contributed by atoms with Gasteiger partial charge in [-0.15, -0.1) is 0 Å². The molecule has 0 amide bonds. The molecule has 1 aromatic rings. The van der Waals surface area contributed by atoms with Gasteiger partial charge < -0.3 is 5.73 Å². The molecule has 102 valence electrons. The third-order valence-corrected chi connectivity index (χ3v) is 3.15. The molecule has 4 heteroatoms. The molecule has 20 heavy (non-hydrogen) atoms. The van der Waals surface area contributed by atoms with Gasteiger partial charge in [0.1, 0.15) is 0 Å². The minimum Gasteiger partial charge on any atom is -0.399 e. The molecule has 0 atom stereocenters. The van der Waals surface area contributed by atoms with E-state index < -0.39 is 0 Å². The first-order valence-electron chi connectivity index (χ1n) is 6.57. The van der Waals surface area contributed by atoms with E-state index in [9.17, 15) is 0 Å². The number of hydrazone groups is 1. The van der Waals surface area contributed by atoms with E-state index in [0.717, 1.165) is 36.2 Å². The number of hydrogen-bond acceptors (Lipinski definition) is 4. The average molecular weight is 266 g/mol. The van der Waals surface area contributed by atoms with Crippen LogP contribution in [0.1, 0.15) is 18.4 Å². The van der Waals surface area contributed by atoms with Crippen molar-refractivity contribution < 1.29 is 0 Å². The third kappa shape index (κ3) is 3.99. The predicted molar refractivity (Wildman–Crippen MR) is 82.1 cm³/mol. The van der Waals surface area contributed by atoms with Crippen LogP contribution in [0.15, 0.2) is 52.7 Å². The Balaban J connectivity index is 1.91. The lowest BCUT2D eigenvalue weighted by molar-refractivity contribution is 0.383. The van der Waals surface area contributed by atoms with E-state index in [-0.39, 0.29) is 0 Å². The van der Waals surface area contributed by atoms with Gasteiger partial charge in [-0.25, -0.2) is 0 Å². The minimum atomic E-state index is 0.753. The van der Waals surface area contributed by atoms with E-state index >= 15 is 0 Å². The van der Waals surface area contributed by atoms with Crippen molar-refractivity contribution in [3.05, 3.63) is 53.1 Å². The summed E-state index contributed by atoms with van der Waals surface area (Å²) in [5.41, 5.74) is 9.56. The van der Waals surface area contributed by atoms with Gasteiger partial charge in [-0.2, -0.15) is 10.4 Å². The Bertz CT molecular complexity index is 588. The van der Waals surface area contributed by atoms with Crippen LogP contribution in [0.2, 0.25) is 0 Å². The summed E-state index contributed by atoms with van der Waals surface area (Å²) in [6, 6.07) is 9.79. The van der Waals surface area contributed by atoms with Crippen LogP contribution < -0.4 is 5.73 Å². The van der Waals surface area contributed by atoms with Gasteiger partial charge in [0, 0.05) is 18.3 Å². The van der Waals surface area contributed by atoms with Gasteiger partial charge in [-0.1, -0.05) is 18.2 Å². The summed E-state index contributed by atoms with van der Waals surface area (Å²) in [5, 5.41) is 15.1. The lowest BCUT2D eigenvalue weighted by Gasteiger charge is -2.17. The number of nitrogens with zero attached hydrogens (tertiary/aromatic N) is 3. The molecule has 4 nitrogen and oxygen atoms in total. The van der Waals surface area contributed by atoms with Gasteiger partial charge >= 0.3 is 0 Å². The molecule has 0 fully saturated rings. The monoisotopic (exact) mass is 266 g/mol. The lowest BCUT2D eigenvalue weighted by Crippen LogP contribution is -2.16. The highest BCUT2D eigenvalue weighted by atomic mass is 15.4. The van der Waals surface area contributed by atoms with Crippen LogP contribution >= 0.6 is 0 Å². The molecule has 1 aromatic carbocycles. The van der Waals surface area contributed by atoms with Crippen molar-refractivity contribution >= 4 is 11.9 Å². The second kappa shape index (κ2) is 6.58. The van der Waals surface area contributed by atoms with Crippen LogP contribution in [0.4, 0.5) is 5.69 Å². The highest BCUT2D eigenvalue weighted by Gasteiger charge is 2.07. The molecule has 0 saturated carbocycles. The standard InChI is InChI=1S/C16H18N4/c1-20(12-15-4-2-13(10-17)3-5-15)19-11-14-6-8-16(18)9-7-14/h2,4,6-9,11H,3,5,12,18H2,1H3. The number of nitrogen functional groups attached to an aromatic ring is 1. The summed E-state index contributed by atoms with van der Waals surface area (Å²) in [5.74, 6) is 0. The zero-order valence-corrected chi connectivity index (χ0v) is 11.6. The van der Waals surface area contributed by atoms with E-state index in [4.69, 9.17) is 11.0 Å². The normalized spacial score (nSPS) is 14.6. The molecule has 0 spiro atoms. The maximum absolute atomic E-state index is 8.80. The van der Waals surface area contributed by atoms with E-state index in [0.29, 0.717) is 0 Å². The number of likely N-dealkylation sites (N-methyl/N-ethyl adjacent to an activating group) is 1. The molecule has 0 unspecified atom stereocenters. The molecular formula is C16H18N4. The fourth-order valence-corrected chi connectivity index (χ4v) is 1.99. The first kappa shape index (κ1) is 13.9. The second-order valence-corrected chi connectivity index (χ2v) is 4.86. The van der Waals surface area contributed by atoms with Crippen LogP contribution in [0, 0.1) is 11.3 Å². The van der Waals surface area contributed by atoms with Crippen LogP contribution in [0.25, 0.3) is 0 Å². The molecule has 0 heterocycles. The second-order valence-electron chi connectivity index (χ2n) is 4.86. The zero-order chi connectivity index (χ0) is 14.4. The smallest absolute Gasteiger partial charge is 0.0947 e. The Kier molecular flexibility index (Phi) is 4.56. The number of nitrogens with two attached hydrogens (primary N) is 1. The van der Waals surface area contributed by atoms with Crippen LogP contribution in [-0.2, 0) is 0 Å². The Morgan fingerprint density at radius 3 is 2.65 bits per heavy atom. The minimum absolute atomic E-state index is 0.753. The molecule has 1 aliphatic rings. The van der Waals surface area contributed by atoms with Gasteiger partial charge in [0.05, 0.1) is 18.8 Å². The maximum atomic E-state index is 8.80. The molecule has 0 radical (unpaired) electrons. The van der Waals surface area contributed by atoms with Gasteiger partial charge in [0.25, 0.3) is 0 Å². The van der Waals surface area contributed by atoms with Crippen LogP contribution in [0.3, 0.4) is 0 Å². The van der Waals surface area contributed by atoms with Crippen LogP contribution in [-0.4, -0.2) is 24.8 Å². The maximum Gasteiger partial charge on any atom is 0.0947 e. The van der Waals surface area contributed by atoms with Gasteiger partial charge in [0.15, 0.2) is 0 Å². The summed E-state index contributed by atoms with van der Waals surface area (Å²) in [7, 11) is 1.94. The highest BCUT2D eigenvalue weighted by Crippen LogP contribution is 2.18. The van der Waals surface area contributed by atoms with Crippen molar-refractivity contribution in [1.82, 2.24) is 5.01 Å².